The van der Waals surface area contributed by atoms with Gasteiger partial charge in [-0.1, -0.05) is 45.4 Å². The van der Waals surface area contributed by atoms with Crippen LogP contribution in [-0.2, 0) is 0 Å². The Hall–Kier alpha value is -1.46. The molecule has 0 heterocycles. The van der Waals surface area contributed by atoms with Gasteiger partial charge in [-0.15, -0.1) is 0 Å². The van der Waals surface area contributed by atoms with Crippen LogP contribution in [0.15, 0.2) is 0 Å². The molecule has 6 rings (SSSR count). The van der Waals surface area contributed by atoms with E-state index >= 15 is 0 Å². The Morgan fingerprint density at radius 1 is 0.613 bits per heavy atom. The van der Waals surface area contributed by atoms with Crippen molar-refractivity contribution in [3.63, 3.8) is 0 Å². The van der Waals surface area contributed by atoms with Crippen molar-refractivity contribution in [2.24, 2.45) is 34.0 Å². The molecular formula is C25H42O6. The minimum atomic E-state index is -1.83. The van der Waals surface area contributed by atoms with E-state index in [-0.39, 0.29) is 0 Å². The fourth-order valence-electron chi connectivity index (χ4n) is 9.44. The van der Waals surface area contributed by atoms with Crippen molar-refractivity contribution in [2.45, 2.75) is 110 Å². The molecule has 0 spiro atoms. The number of carboxylic acid groups (broad SMARTS) is 4. The Kier molecular flexibility index (Phi) is 7.47. The number of hydrogen-bond donors (Lipinski definition) is 4. The fourth-order valence-corrected chi connectivity index (χ4v) is 9.44. The maximum atomic E-state index is 8.56. The smallest absolute Gasteiger partial charge is 0.450 e. The van der Waals surface area contributed by atoms with Crippen LogP contribution in [0.25, 0.3) is 0 Å². The normalized spacial score (nSPS) is 36.9. The van der Waals surface area contributed by atoms with Crippen molar-refractivity contribution in [1.82, 2.24) is 0 Å². The lowest BCUT2D eigenvalue weighted by Gasteiger charge is -2.70. The highest BCUT2D eigenvalue weighted by Gasteiger charge is 2.65. The highest BCUT2D eigenvalue weighted by molar-refractivity contribution is 5.53. The summed E-state index contributed by atoms with van der Waals surface area (Å²) in [6, 6.07) is 0. The molecule has 178 valence electrons. The summed E-state index contributed by atoms with van der Waals surface area (Å²) < 4.78 is 0. The summed E-state index contributed by atoms with van der Waals surface area (Å²) in [5.74, 6) is 3.40. The van der Waals surface area contributed by atoms with Crippen molar-refractivity contribution >= 4 is 12.3 Å². The van der Waals surface area contributed by atoms with Gasteiger partial charge in [-0.3, -0.25) is 0 Å². The second-order valence-corrected chi connectivity index (χ2v) is 11.5. The molecule has 0 aromatic rings. The first-order valence-electron chi connectivity index (χ1n) is 12.5. The minimum absolute atomic E-state index is 0.692. The van der Waals surface area contributed by atoms with E-state index in [9.17, 15) is 0 Å². The van der Waals surface area contributed by atoms with Crippen LogP contribution >= 0.6 is 0 Å². The molecule has 31 heavy (non-hydrogen) atoms. The molecule has 0 saturated heterocycles. The summed E-state index contributed by atoms with van der Waals surface area (Å²) in [5.41, 5.74) is 2.22. The Balaban J connectivity index is 0.000000297. The third-order valence-electron chi connectivity index (χ3n) is 9.87. The van der Waals surface area contributed by atoms with Crippen LogP contribution < -0.4 is 0 Å². The summed E-state index contributed by atoms with van der Waals surface area (Å²) >= 11 is 0. The van der Waals surface area contributed by atoms with E-state index in [1.54, 1.807) is 77.0 Å². The van der Waals surface area contributed by atoms with Gasteiger partial charge in [0.25, 0.3) is 0 Å². The van der Waals surface area contributed by atoms with Crippen LogP contribution in [0.1, 0.15) is 110 Å². The number of rotatable bonds is 2. The molecule has 0 atom stereocenters. The van der Waals surface area contributed by atoms with E-state index in [0.29, 0.717) is 5.41 Å². The van der Waals surface area contributed by atoms with E-state index < -0.39 is 12.3 Å². The first kappa shape index (κ1) is 24.2. The highest BCUT2D eigenvalue weighted by atomic mass is 16.6. The van der Waals surface area contributed by atoms with Crippen molar-refractivity contribution in [2.75, 3.05) is 0 Å². The van der Waals surface area contributed by atoms with E-state index in [4.69, 9.17) is 30.0 Å². The zero-order valence-electron chi connectivity index (χ0n) is 19.2. The molecule has 0 unspecified atom stereocenters. The summed E-state index contributed by atoms with van der Waals surface area (Å²) in [6.07, 6.45) is 21.7. The zero-order valence-corrected chi connectivity index (χ0v) is 19.2. The van der Waals surface area contributed by atoms with Gasteiger partial charge in [-0.25, -0.2) is 9.59 Å². The predicted octanol–water partition coefficient (Wildman–Crippen LogP) is 7.57. The molecule has 6 aliphatic rings. The lowest BCUT2D eigenvalue weighted by atomic mass is 9.35. The molecule has 0 radical (unpaired) electrons. The molecule has 6 saturated carbocycles. The zero-order chi connectivity index (χ0) is 22.7. The van der Waals surface area contributed by atoms with Crippen molar-refractivity contribution < 1.29 is 30.0 Å². The SMILES string of the molecule is CC1(C2(C34CC5CC(CC(C5)C3)C4)CCCCC2)CCCCC1.O=C(O)O.O=C(O)O. The lowest BCUT2D eigenvalue weighted by molar-refractivity contribution is -0.202. The van der Waals surface area contributed by atoms with Crippen LogP contribution in [0.2, 0.25) is 0 Å². The van der Waals surface area contributed by atoms with Crippen LogP contribution in [0, 0.1) is 34.0 Å². The van der Waals surface area contributed by atoms with Crippen LogP contribution in [0.5, 0.6) is 0 Å². The van der Waals surface area contributed by atoms with Crippen LogP contribution in [-0.4, -0.2) is 32.7 Å². The van der Waals surface area contributed by atoms with Gasteiger partial charge in [0, 0.05) is 0 Å². The van der Waals surface area contributed by atoms with E-state index in [1.165, 1.54) is 25.7 Å². The molecule has 6 nitrogen and oxygen atoms in total. The van der Waals surface area contributed by atoms with Gasteiger partial charge in [-0.05, 0) is 98.2 Å². The van der Waals surface area contributed by atoms with Crippen molar-refractivity contribution in [3.05, 3.63) is 0 Å². The molecule has 6 aliphatic carbocycles. The second-order valence-electron chi connectivity index (χ2n) is 11.5. The molecule has 6 fully saturated rings. The standard InChI is InChI=1S/C23H38.2CH2O3/c1-21(8-4-2-5-9-21)23(10-6-3-7-11-23)22-15-18-12-19(16-22)14-20(13-18)17-22;2*2-1(3)4/h18-20H,2-17H2,1H3;2*(H2,2,3,4). The third kappa shape index (κ3) is 4.98. The largest absolute Gasteiger partial charge is 0.503 e. The van der Waals surface area contributed by atoms with Gasteiger partial charge in [0.1, 0.15) is 0 Å². The quantitative estimate of drug-likeness (QED) is 0.353. The minimum Gasteiger partial charge on any atom is -0.450 e. The summed E-state index contributed by atoms with van der Waals surface area (Å²) in [5, 5.41) is 27.9. The predicted molar refractivity (Wildman–Crippen MR) is 119 cm³/mol. The van der Waals surface area contributed by atoms with E-state index in [2.05, 4.69) is 6.92 Å². The molecule has 0 amide bonds. The Bertz CT molecular complexity index is 575. The molecule has 0 aromatic carbocycles. The summed E-state index contributed by atoms with van der Waals surface area (Å²) in [6.45, 7) is 2.77. The average molecular weight is 439 g/mol. The van der Waals surface area contributed by atoms with Crippen molar-refractivity contribution in [3.8, 4) is 0 Å². The van der Waals surface area contributed by atoms with Gasteiger partial charge < -0.3 is 20.4 Å². The Morgan fingerprint density at radius 3 is 1.29 bits per heavy atom. The van der Waals surface area contributed by atoms with Gasteiger partial charge in [0.05, 0.1) is 0 Å². The lowest BCUT2D eigenvalue weighted by Crippen LogP contribution is -2.61. The topological polar surface area (TPSA) is 115 Å². The number of carbonyl (C=O) groups is 2. The first-order chi connectivity index (χ1) is 14.6. The van der Waals surface area contributed by atoms with Crippen LogP contribution in [0.3, 0.4) is 0 Å². The van der Waals surface area contributed by atoms with Gasteiger partial charge >= 0.3 is 12.3 Å². The highest BCUT2D eigenvalue weighted by Crippen LogP contribution is 2.74. The third-order valence-corrected chi connectivity index (χ3v) is 9.87. The molecule has 6 heteroatoms. The maximum absolute atomic E-state index is 8.56. The van der Waals surface area contributed by atoms with Crippen LogP contribution in [0.4, 0.5) is 9.59 Å². The van der Waals surface area contributed by atoms with Gasteiger partial charge in [0.2, 0.25) is 0 Å². The summed E-state index contributed by atoms with van der Waals surface area (Å²) in [4.78, 5) is 17.1. The van der Waals surface area contributed by atoms with E-state index in [0.717, 1.165) is 28.6 Å². The average Bonchev–Trinajstić information content (AvgIpc) is 2.67. The fraction of sp³-hybridized carbons (Fsp3) is 0.920. The maximum Gasteiger partial charge on any atom is 0.503 e. The number of hydrogen-bond acceptors (Lipinski definition) is 2. The molecule has 0 aromatic heterocycles. The molecule has 4 N–H and O–H groups in total. The monoisotopic (exact) mass is 438 g/mol. The Labute approximate surface area is 186 Å². The molecule has 4 bridgehead atoms. The van der Waals surface area contributed by atoms with E-state index in [1.807, 2.05) is 0 Å². The van der Waals surface area contributed by atoms with Gasteiger partial charge in [-0.2, -0.15) is 0 Å². The molecular weight excluding hydrogens is 396 g/mol. The van der Waals surface area contributed by atoms with Gasteiger partial charge in [0.15, 0.2) is 0 Å². The Morgan fingerprint density at radius 2 is 0.935 bits per heavy atom. The van der Waals surface area contributed by atoms with Crippen molar-refractivity contribution in [1.29, 1.82) is 0 Å². The molecule has 0 aliphatic heterocycles. The first-order valence-corrected chi connectivity index (χ1v) is 12.5. The summed E-state index contributed by atoms with van der Waals surface area (Å²) in [7, 11) is 0. The second kappa shape index (κ2) is 9.58.